The Bertz CT molecular complexity index is 589. The van der Waals surface area contributed by atoms with E-state index in [1.54, 1.807) is 0 Å². The van der Waals surface area contributed by atoms with Gasteiger partial charge < -0.3 is 14.8 Å². The Hall–Kier alpha value is -1.43. The second kappa shape index (κ2) is 5.65. The van der Waals surface area contributed by atoms with Gasteiger partial charge in [0.2, 0.25) is 0 Å². The van der Waals surface area contributed by atoms with Crippen molar-refractivity contribution in [3.63, 3.8) is 0 Å². The standard InChI is InChI=1S/C17H22N2O3/c1-11-6-13-7-12(2-3-15(13)17(20)22-11)16-9-19-5-4-18-8-14(19)10-21-16/h2-3,7,11,14,16,18H,4-6,8-10H2,1H3/t11?,14-,16+/m0/s1. The Morgan fingerprint density at radius 3 is 3.18 bits per heavy atom. The average Bonchev–Trinajstić information content (AvgIpc) is 2.53. The molecule has 4 rings (SSSR count). The second-order valence-electron chi connectivity index (χ2n) is 6.51. The van der Waals surface area contributed by atoms with Gasteiger partial charge in [-0.15, -0.1) is 0 Å². The number of hydrogen-bond donors (Lipinski definition) is 1. The first-order valence-electron chi connectivity index (χ1n) is 8.11. The second-order valence-corrected chi connectivity index (χ2v) is 6.51. The molecular formula is C17H22N2O3. The number of carbonyl (C=O) groups is 1. The van der Waals surface area contributed by atoms with Gasteiger partial charge in [0.1, 0.15) is 6.10 Å². The molecule has 3 aliphatic heterocycles. The van der Waals surface area contributed by atoms with Crippen LogP contribution in [0.1, 0.15) is 34.5 Å². The number of nitrogens with one attached hydrogen (secondary N) is 1. The van der Waals surface area contributed by atoms with Crippen LogP contribution in [0.15, 0.2) is 18.2 Å². The lowest BCUT2D eigenvalue weighted by atomic mass is 9.94. The predicted molar refractivity (Wildman–Crippen MR) is 81.9 cm³/mol. The normalized spacial score (nSPS) is 32.0. The van der Waals surface area contributed by atoms with E-state index in [1.807, 2.05) is 19.1 Å². The number of benzene rings is 1. The molecule has 1 aromatic rings. The zero-order valence-corrected chi connectivity index (χ0v) is 12.9. The van der Waals surface area contributed by atoms with Crippen LogP contribution in [0, 0.1) is 0 Å². The minimum absolute atomic E-state index is 0.0416. The van der Waals surface area contributed by atoms with Crippen LogP contribution in [0.2, 0.25) is 0 Å². The van der Waals surface area contributed by atoms with Crippen molar-refractivity contribution in [2.45, 2.75) is 31.6 Å². The topological polar surface area (TPSA) is 50.8 Å². The zero-order valence-electron chi connectivity index (χ0n) is 12.9. The van der Waals surface area contributed by atoms with E-state index >= 15 is 0 Å². The predicted octanol–water partition coefficient (Wildman–Crippen LogP) is 1.13. The van der Waals surface area contributed by atoms with Crippen molar-refractivity contribution in [1.82, 2.24) is 10.2 Å². The van der Waals surface area contributed by atoms with Gasteiger partial charge in [0.15, 0.2) is 0 Å². The Kier molecular flexibility index (Phi) is 3.64. The fourth-order valence-electron chi connectivity index (χ4n) is 3.68. The summed E-state index contributed by atoms with van der Waals surface area (Å²) in [6.07, 6.45) is 0.853. The van der Waals surface area contributed by atoms with Gasteiger partial charge in [-0.1, -0.05) is 12.1 Å². The van der Waals surface area contributed by atoms with Crippen molar-refractivity contribution in [3.8, 4) is 0 Å². The quantitative estimate of drug-likeness (QED) is 0.788. The molecule has 3 aliphatic rings. The number of nitrogens with zero attached hydrogens (tertiary/aromatic N) is 1. The highest BCUT2D eigenvalue weighted by Crippen LogP contribution is 2.29. The molecule has 118 valence electrons. The first-order valence-corrected chi connectivity index (χ1v) is 8.11. The van der Waals surface area contributed by atoms with Crippen molar-refractivity contribution < 1.29 is 14.3 Å². The van der Waals surface area contributed by atoms with Crippen LogP contribution < -0.4 is 5.32 Å². The van der Waals surface area contributed by atoms with Crippen LogP contribution >= 0.6 is 0 Å². The van der Waals surface area contributed by atoms with Crippen molar-refractivity contribution in [2.24, 2.45) is 0 Å². The molecule has 0 aliphatic carbocycles. The molecule has 5 heteroatoms. The number of piperazine rings is 1. The molecule has 2 fully saturated rings. The lowest BCUT2D eigenvalue weighted by Gasteiger charge is -2.42. The summed E-state index contributed by atoms with van der Waals surface area (Å²) in [5.74, 6) is -0.202. The summed E-state index contributed by atoms with van der Waals surface area (Å²) in [4.78, 5) is 14.4. The van der Waals surface area contributed by atoms with Gasteiger partial charge in [0, 0.05) is 38.6 Å². The van der Waals surface area contributed by atoms with Gasteiger partial charge in [0.25, 0.3) is 0 Å². The molecule has 0 saturated carbocycles. The van der Waals surface area contributed by atoms with Crippen molar-refractivity contribution >= 4 is 5.97 Å². The lowest BCUT2D eigenvalue weighted by molar-refractivity contribution is -0.0718. The summed E-state index contributed by atoms with van der Waals surface area (Å²) in [5.41, 5.74) is 2.97. The third kappa shape index (κ3) is 2.53. The highest BCUT2D eigenvalue weighted by atomic mass is 16.5. The number of morpholine rings is 1. The molecule has 0 aromatic heterocycles. The maximum atomic E-state index is 11.9. The van der Waals surface area contributed by atoms with E-state index in [0.717, 1.165) is 44.8 Å². The van der Waals surface area contributed by atoms with Crippen molar-refractivity contribution in [3.05, 3.63) is 34.9 Å². The molecule has 2 saturated heterocycles. The molecule has 5 nitrogen and oxygen atoms in total. The van der Waals surface area contributed by atoms with Gasteiger partial charge in [0.05, 0.1) is 18.3 Å². The molecule has 3 heterocycles. The summed E-state index contributed by atoms with van der Waals surface area (Å²) in [6, 6.07) is 6.55. The van der Waals surface area contributed by atoms with Crippen LogP contribution in [0.25, 0.3) is 0 Å². The summed E-state index contributed by atoms with van der Waals surface area (Å²) >= 11 is 0. The first kappa shape index (κ1) is 14.2. The van der Waals surface area contributed by atoms with Gasteiger partial charge >= 0.3 is 5.97 Å². The van der Waals surface area contributed by atoms with E-state index in [9.17, 15) is 4.79 Å². The fourth-order valence-corrected chi connectivity index (χ4v) is 3.68. The van der Waals surface area contributed by atoms with Crippen LogP contribution in [0.5, 0.6) is 0 Å². The largest absolute Gasteiger partial charge is 0.459 e. The number of ether oxygens (including phenoxy) is 2. The first-order chi connectivity index (χ1) is 10.7. The van der Waals surface area contributed by atoms with Gasteiger partial charge in [-0.25, -0.2) is 4.79 Å². The third-order valence-electron chi connectivity index (χ3n) is 4.90. The Morgan fingerprint density at radius 2 is 2.27 bits per heavy atom. The molecule has 0 radical (unpaired) electrons. The smallest absolute Gasteiger partial charge is 0.338 e. The molecule has 1 unspecified atom stereocenters. The summed E-state index contributed by atoms with van der Waals surface area (Å²) < 4.78 is 11.4. The summed E-state index contributed by atoms with van der Waals surface area (Å²) in [5, 5.41) is 3.42. The molecule has 0 bridgehead atoms. The van der Waals surface area contributed by atoms with E-state index in [-0.39, 0.29) is 18.2 Å². The summed E-state index contributed by atoms with van der Waals surface area (Å²) in [6.45, 7) is 6.80. The SMILES string of the molecule is CC1Cc2cc([C@H]3CN4CCNC[C@H]4CO3)ccc2C(=O)O1. The Labute approximate surface area is 130 Å². The minimum Gasteiger partial charge on any atom is -0.459 e. The number of rotatable bonds is 1. The molecule has 0 amide bonds. The fraction of sp³-hybridized carbons (Fsp3) is 0.588. The van der Waals surface area contributed by atoms with Gasteiger partial charge in [-0.3, -0.25) is 4.90 Å². The highest BCUT2D eigenvalue weighted by Gasteiger charge is 2.32. The van der Waals surface area contributed by atoms with Gasteiger partial charge in [-0.05, 0) is 24.1 Å². The van der Waals surface area contributed by atoms with Crippen molar-refractivity contribution in [1.29, 1.82) is 0 Å². The van der Waals surface area contributed by atoms with Crippen LogP contribution in [0.4, 0.5) is 0 Å². The van der Waals surface area contributed by atoms with E-state index in [1.165, 1.54) is 5.56 Å². The number of carbonyl (C=O) groups excluding carboxylic acids is 1. The van der Waals surface area contributed by atoms with E-state index < -0.39 is 0 Å². The molecule has 1 N–H and O–H groups in total. The monoisotopic (exact) mass is 302 g/mol. The number of fused-ring (bicyclic) bond motifs is 2. The maximum Gasteiger partial charge on any atom is 0.338 e. The maximum absolute atomic E-state index is 11.9. The Morgan fingerprint density at radius 1 is 1.36 bits per heavy atom. The van der Waals surface area contributed by atoms with Crippen LogP contribution in [-0.4, -0.2) is 55.8 Å². The highest BCUT2D eigenvalue weighted by molar-refractivity contribution is 5.92. The number of hydrogen-bond acceptors (Lipinski definition) is 5. The average molecular weight is 302 g/mol. The third-order valence-corrected chi connectivity index (χ3v) is 4.90. The van der Waals surface area contributed by atoms with E-state index in [0.29, 0.717) is 11.6 Å². The van der Waals surface area contributed by atoms with E-state index in [2.05, 4.69) is 16.3 Å². The number of esters is 1. The lowest BCUT2D eigenvalue weighted by Crippen LogP contribution is -2.57. The van der Waals surface area contributed by atoms with E-state index in [4.69, 9.17) is 9.47 Å². The van der Waals surface area contributed by atoms with Crippen LogP contribution in [-0.2, 0) is 15.9 Å². The minimum atomic E-state index is -0.202. The number of cyclic esters (lactones) is 1. The van der Waals surface area contributed by atoms with Crippen LogP contribution in [0.3, 0.4) is 0 Å². The molecule has 3 atom stereocenters. The van der Waals surface area contributed by atoms with Crippen molar-refractivity contribution in [2.75, 3.05) is 32.8 Å². The van der Waals surface area contributed by atoms with Gasteiger partial charge in [-0.2, -0.15) is 0 Å². The molecule has 1 aromatic carbocycles. The Balaban J connectivity index is 1.56. The zero-order chi connectivity index (χ0) is 15.1. The molecule has 22 heavy (non-hydrogen) atoms. The molecular weight excluding hydrogens is 280 g/mol. The summed E-state index contributed by atoms with van der Waals surface area (Å²) in [7, 11) is 0. The molecule has 0 spiro atoms.